The first kappa shape index (κ1) is 14.5. The van der Waals surface area contributed by atoms with E-state index < -0.39 is 0 Å². The Morgan fingerprint density at radius 2 is 2.00 bits per heavy atom. The number of nitrogens with two attached hydrogens (primary N) is 1. The number of hydrogen-bond acceptors (Lipinski definition) is 3. The number of anilines is 1. The number of hydrogen-bond donors (Lipinski definition) is 2. The number of piperidine rings is 1. The topological polar surface area (TPSA) is 61.9 Å². The van der Waals surface area contributed by atoms with Crippen molar-refractivity contribution in [1.29, 1.82) is 0 Å². The molecule has 0 bridgehead atoms. The molecule has 3 N–H and O–H groups in total. The van der Waals surface area contributed by atoms with Crippen LogP contribution in [0, 0.1) is 5.92 Å². The lowest BCUT2D eigenvalue weighted by Crippen LogP contribution is -2.47. The average Bonchev–Trinajstić information content (AvgIpc) is 2.53. The molecule has 2 unspecified atom stereocenters. The molecule has 114 valence electrons. The number of fused-ring (bicyclic) bond motifs is 1. The second-order valence-electron chi connectivity index (χ2n) is 6.07. The standard InChI is InChI=1S/C16H22ClN3O/c17-12-7-3-9-14(15(12)16(18)19-21)20-10-4-6-11-5-1-2-8-13(11)20/h3,7,9,11,13,21H,1-2,4-6,8,10H2,(H2,18,19). The molecule has 1 aromatic rings. The summed E-state index contributed by atoms with van der Waals surface area (Å²) in [5, 5.41) is 12.8. The lowest BCUT2D eigenvalue weighted by molar-refractivity contribution is 0.244. The predicted octanol–water partition coefficient (Wildman–Crippen LogP) is 3.59. The number of benzene rings is 1. The summed E-state index contributed by atoms with van der Waals surface area (Å²) < 4.78 is 0. The van der Waals surface area contributed by atoms with Crippen LogP contribution in [-0.4, -0.2) is 23.6 Å². The Balaban J connectivity index is 2.01. The molecule has 0 radical (unpaired) electrons. The van der Waals surface area contributed by atoms with Gasteiger partial charge in [-0.2, -0.15) is 0 Å². The zero-order valence-electron chi connectivity index (χ0n) is 12.1. The van der Waals surface area contributed by atoms with Crippen LogP contribution in [0.4, 0.5) is 5.69 Å². The SMILES string of the molecule is NC(=NO)c1c(Cl)cccc1N1CCCC2CCCCC21. The lowest BCUT2D eigenvalue weighted by Gasteiger charge is -2.46. The molecule has 21 heavy (non-hydrogen) atoms. The van der Waals surface area contributed by atoms with Crippen LogP contribution in [0.2, 0.25) is 5.02 Å². The highest BCUT2D eigenvalue weighted by Crippen LogP contribution is 2.39. The second kappa shape index (κ2) is 6.14. The van der Waals surface area contributed by atoms with Gasteiger partial charge in [-0.1, -0.05) is 35.7 Å². The summed E-state index contributed by atoms with van der Waals surface area (Å²) in [6, 6.07) is 6.34. The lowest BCUT2D eigenvalue weighted by atomic mass is 9.78. The van der Waals surface area contributed by atoms with E-state index in [1.165, 1.54) is 38.5 Å². The highest BCUT2D eigenvalue weighted by Gasteiger charge is 2.34. The van der Waals surface area contributed by atoms with Crippen molar-refractivity contribution in [3.8, 4) is 0 Å². The largest absolute Gasteiger partial charge is 0.409 e. The predicted molar refractivity (Wildman–Crippen MR) is 86.3 cm³/mol. The molecule has 1 aliphatic heterocycles. The van der Waals surface area contributed by atoms with Crippen molar-refractivity contribution in [2.45, 2.75) is 44.6 Å². The van der Waals surface area contributed by atoms with E-state index in [0.717, 1.165) is 18.2 Å². The van der Waals surface area contributed by atoms with Crippen LogP contribution >= 0.6 is 11.6 Å². The van der Waals surface area contributed by atoms with Crippen molar-refractivity contribution in [3.05, 3.63) is 28.8 Å². The molecule has 1 aliphatic carbocycles. The molecule has 2 atom stereocenters. The molecule has 0 spiro atoms. The van der Waals surface area contributed by atoms with Gasteiger partial charge in [-0.25, -0.2) is 0 Å². The molecule has 0 amide bonds. The van der Waals surface area contributed by atoms with Gasteiger partial charge in [0.15, 0.2) is 5.84 Å². The van der Waals surface area contributed by atoms with Crippen LogP contribution in [0.1, 0.15) is 44.1 Å². The zero-order valence-corrected chi connectivity index (χ0v) is 12.9. The van der Waals surface area contributed by atoms with Crippen molar-refractivity contribution in [2.24, 2.45) is 16.8 Å². The molecule has 5 heteroatoms. The fourth-order valence-electron chi connectivity index (χ4n) is 3.98. The minimum atomic E-state index is 0.0912. The molecular formula is C16H22ClN3O. The number of rotatable bonds is 2. The molecule has 3 rings (SSSR count). The van der Waals surface area contributed by atoms with Crippen LogP contribution in [0.5, 0.6) is 0 Å². The molecular weight excluding hydrogens is 286 g/mol. The van der Waals surface area contributed by atoms with Gasteiger partial charge in [0.05, 0.1) is 10.6 Å². The zero-order chi connectivity index (χ0) is 14.8. The number of nitrogens with zero attached hydrogens (tertiary/aromatic N) is 2. The third-order valence-electron chi connectivity index (χ3n) is 4.91. The summed E-state index contributed by atoms with van der Waals surface area (Å²) in [6.07, 6.45) is 7.70. The van der Waals surface area contributed by atoms with Gasteiger partial charge < -0.3 is 15.8 Å². The summed E-state index contributed by atoms with van der Waals surface area (Å²) >= 11 is 6.30. The summed E-state index contributed by atoms with van der Waals surface area (Å²) in [7, 11) is 0. The maximum atomic E-state index is 9.05. The molecule has 1 saturated heterocycles. The average molecular weight is 308 g/mol. The monoisotopic (exact) mass is 307 g/mol. The highest BCUT2D eigenvalue weighted by molar-refractivity contribution is 6.34. The van der Waals surface area contributed by atoms with E-state index in [-0.39, 0.29) is 5.84 Å². The van der Waals surface area contributed by atoms with E-state index >= 15 is 0 Å². The Hall–Kier alpha value is -1.42. The van der Waals surface area contributed by atoms with Gasteiger partial charge >= 0.3 is 0 Å². The van der Waals surface area contributed by atoms with Gasteiger partial charge in [0.2, 0.25) is 0 Å². The summed E-state index contributed by atoms with van der Waals surface area (Å²) in [5.74, 6) is 0.861. The summed E-state index contributed by atoms with van der Waals surface area (Å²) in [6.45, 7) is 1.02. The Bertz CT molecular complexity index is 544. The minimum Gasteiger partial charge on any atom is -0.409 e. The fourth-order valence-corrected chi connectivity index (χ4v) is 4.25. The fraction of sp³-hybridized carbons (Fsp3) is 0.562. The van der Waals surface area contributed by atoms with E-state index in [0.29, 0.717) is 16.6 Å². The van der Waals surface area contributed by atoms with Gasteiger partial charge in [0, 0.05) is 18.3 Å². The molecule has 2 fully saturated rings. The van der Waals surface area contributed by atoms with Crippen molar-refractivity contribution in [2.75, 3.05) is 11.4 Å². The van der Waals surface area contributed by atoms with Gasteiger partial charge in [0.1, 0.15) is 0 Å². The molecule has 0 aromatic heterocycles. The number of halogens is 1. The van der Waals surface area contributed by atoms with Crippen LogP contribution in [-0.2, 0) is 0 Å². The molecule has 1 saturated carbocycles. The van der Waals surface area contributed by atoms with Crippen LogP contribution in [0.15, 0.2) is 23.4 Å². The molecule has 1 heterocycles. The Labute approximate surface area is 130 Å². The third kappa shape index (κ3) is 2.69. The van der Waals surface area contributed by atoms with Crippen LogP contribution < -0.4 is 10.6 Å². The van der Waals surface area contributed by atoms with Crippen LogP contribution in [0.25, 0.3) is 0 Å². The Morgan fingerprint density at radius 1 is 1.24 bits per heavy atom. The van der Waals surface area contributed by atoms with Crippen molar-refractivity contribution in [3.63, 3.8) is 0 Å². The van der Waals surface area contributed by atoms with Gasteiger partial charge in [0.25, 0.3) is 0 Å². The van der Waals surface area contributed by atoms with Gasteiger partial charge in [-0.3, -0.25) is 0 Å². The van der Waals surface area contributed by atoms with Crippen molar-refractivity contribution >= 4 is 23.1 Å². The summed E-state index contributed by atoms with van der Waals surface area (Å²) in [5.41, 5.74) is 7.53. The van der Waals surface area contributed by atoms with Crippen LogP contribution in [0.3, 0.4) is 0 Å². The van der Waals surface area contributed by atoms with E-state index in [2.05, 4.69) is 10.1 Å². The first-order valence-electron chi connectivity index (χ1n) is 7.75. The summed E-state index contributed by atoms with van der Waals surface area (Å²) in [4.78, 5) is 2.44. The third-order valence-corrected chi connectivity index (χ3v) is 5.22. The van der Waals surface area contributed by atoms with E-state index in [9.17, 15) is 0 Å². The molecule has 2 aliphatic rings. The number of amidine groups is 1. The van der Waals surface area contributed by atoms with Crippen molar-refractivity contribution in [1.82, 2.24) is 0 Å². The first-order valence-corrected chi connectivity index (χ1v) is 8.13. The normalized spacial score (nSPS) is 26.5. The second-order valence-corrected chi connectivity index (χ2v) is 6.47. The van der Waals surface area contributed by atoms with E-state index in [1.807, 2.05) is 12.1 Å². The van der Waals surface area contributed by atoms with Gasteiger partial charge in [-0.15, -0.1) is 0 Å². The quantitative estimate of drug-likeness (QED) is 0.380. The highest BCUT2D eigenvalue weighted by atomic mass is 35.5. The number of oxime groups is 1. The Kier molecular flexibility index (Phi) is 4.24. The molecule has 4 nitrogen and oxygen atoms in total. The minimum absolute atomic E-state index is 0.0912. The van der Waals surface area contributed by atoms with E-state index in [4.69, 9.17) is 22.5 Å². The maximum Gasteiger partial charge on any atom is 0.173 e. The van der Waals surface area contributed by atoms with E-state index in [1.54, 1.807) is 6.07 Å². The smallest absolute Gasteiger partial charge is 0.173 e. The maximum absolute atomic E-state index is 9.05. The first-order chi connectivity index (χ1) is 10.2. The molecule has 1 aromatic carbocycles. The van der Waals surface area contributed by atoms with Crippen molar-refractivity contribution < 1.29 is 5.21 Å². The Morgan fingerprint density at radius 3 is 2.81 bits per heavy atom. The van der Waals surface area contributed by atoms with Gasteiger partial charge in [-0.05, 0) is 43.7 Å².